The van der Waals surface area contributed by atoms with Crippen LogP contribution in [-0.2, 0) is 9.53 Å². The summed E-state index contributed by atoms with van der Waals surface area (Å²) in [5, 5.41) is 4.90. The molecule has 0 N–H and O–H groups in total. The molecule has 5 nitrogen and oxygen atoms in total. The van der Waals surface area contributed by atoms with Crippen LogP contribution in [0.1, 0.15) is 29.3 Å². The standard InChI is InChI=1S/C24H25N3O2S/c1-17-9-11-18(12-10-17)23-21(15-27(25-23)19-6-3-2-4-7-19)24-26(22(28)16-30-24)14-20-8-5-13-29-20/h2-4,6-7,9-12,15,20,24H,5,8,13-14,16H2,1H3/t20-,24-/m0/s1. The molecule has 2 fully saturated rings. The molecular weight excluding hydrogens is 394 g/mol. The summed E-state index contributed by atoms with van der Waals surface area (Å²) in [6.07, 6.45) is 4.33. The predicted molar refractivity (Wildman–Crippen MR) is 120 cm³/mol. The van der Waals surface area contributed by atoms with E-state index in [-0.39, 0.29) is 17.4 Å². The van der Waals surface area contributed by atoms with Crippen LogP contribution >= 0.6 is 11.8 Å². The third kappa shape index (κ3) is 3.77. The maximum absolute atomic E-state index is 12.7. The van der Waals surface area contributed by atoms with Gasteiger partial charge >= 0.3 is 0 Å². The fourth-order valence-corrected chi connectivity index (χ4v) is 5.34. The fourth-order valence-electron chi connectivity index (χ4n) is 4.13. The number of hydrogen-bond acceptors (Lipinski definition) is 4. The summed E-state index contributed by atoms with van der Waals surface area (Å²) in [5.41, 5.74) is 5.31. The summed E-state index contributed by atoms with van der Waals surface area (Å²) in [6, 6.07) is 18.6. The summed E-state index contributed by atoms with van der Waals surface area (Å²) in [5.74, 6) is 0.684. The van der Waals surface area contributed by atoms with Crippen LogP contribution in [-0.4, -0.2) is 45.6 Å². The van der Waals surface area contributed by atoms with Crippen molar-refractivity contribution in [3.05, 3.63) is 71.9 Å². The van der Waals surface area contributed by atoms with E-state index in [1.165, 1.54) is 5.56 Å². The third-order valence-corrected chi connectivity index (χ3v) is 6.98. The van der Waals surface area contributed by atoms with E-state index < -0.39 is 0 Å². The molecule has 2 atom stereocenters. The molecule has 3 aromatic rings. The smallest absolute Gasteiger partial charge is 0.233 e. The number of thioether (sulfide) groups is 1. The van der Waals surface area contributed by atoms with Gasteiger partial charge in [-0.1, -0.05) is 48.0 Å². The van der Waals surface area contributed by atoms with Gasteiger partial charge < -0.3 is 9.64 Å². The lowest BCUT2D eigenvalue weighted by molar-refractivity contribution is -0.129. The van der Waals surface area contributed by atoms with Crippen molar-refractivity contribution < 1.29 is 9.53 Å². The van der Waals surface area contributed by atoms with Gasteiger partial charge in [-0.25, -0.2) is 4.68 Å². The Morgan fingerprint density at radius 2 is 1.93 bits per heavy atom. The number of ether oxygens (including phenoxy) is 1. The Morgan fingerprint density at radius 1 is 1.13 bits per heavy atom. The molecule has 3 heterocycles. The highest BCUT2D eigenvalue weighted by molar-refractivity contribution is 8.00. The number of amides is 1. The van der Waals surface area contributed by atoms with Crippen molar-refractivity contribution in [1.29, 1.82) is 0 Å². The number of nitrogens with zero attached hydrogens (tertiary/aromatic N) is 3. The minimum Gasteiger partial charge on any atom is -0.376 e. The van der Waals surface area contributed by atoms with E-state index >= 15 is 0 Å². The molecule has 2 aliphatic rings. The second kappa shape index (κ2) is 8.28. The Labute approximate surface area is 181 Å². The first-order chi connectivity index (χ1) is 14.7. The lowest BCUT2D eigenvalue weighted by atomic mass is 10.1. The van der Waals surface area contributed by atoms with Crippen molar-refractivity contribution in [2.45, 2.75) is 31.2 Å². The van der Waals surface area contributed by atoms with E-state index in [0.717, 1.165) is 42.0 Å². The normalized spacial score (nSPS) is 21.5. The van der Waals surface area contributed by atoms with Crippen LogP contribution in [0.2, 0.25) is 0 Å². The lowest BCUT2D eigenvalue weighted by Gasteiger charge is -2.26. The molecular formula is C24H25N3O2S. The van der Waals surface area contributed by atoms with Gasteiger partial charge in [-0.3, -0.25) is 4.79 Å². The molecule has 0 saturated carbocycles. The van der Waals surface area contributed by atoms with Crippen molar-refractivity contribution in [2.24, 2.45) is 0 Å². The SMILES string of the molecule is Cc1ccc(-c2nn(-c3ccccc3)cc2[C@@H]2SCC(=O)N2C[C@@H]2CCCO2)cc1. The number of carbonyl (C=O) groups is 1. The second-order valence-corrected chi connectivity index (χ2v) is 8.99. The van der Waals surface area contributed by atoms with Crippen molar-refractivity contribution >= 4 is 17.7 Å². The molecule has 0 bridgehead atoms. The highest BCUT2D eigenvalue weighted by Crippen LogP contribution is 2.43. The zero-order chi connectivity index (χ0) is 20.5. The minimum absolute atomic E-state index is 0.0459. The monoisotopic (exact) mass is 419 g/mol. The van der Waals surface area contributed by atoms with Gasteiger partial charge in [-0.2, -0.15) is 5.10 Å². The Kier molecular flexibility index (Phi) is 5.35. The molecule has 0 unspecified atom stereocenters. The van der Waals surface area contributed by atoms with Crippen molar-refractivity contribution in [3.8, 4) is 16.9 Å². The van der Waals surface area contributed by atoms with Crippen molar-refractivity contribution in [2.75, 3.05) is 18.9 Å². The summed E-state index contributed by atoms with van der Waals surface area (Å²) >= 11 is 1.68. The zero-order valence-electron chi connectivity index (χ0n) is 17.0. The number of carbonyl (C=O) groups excluding carboxylic acids is 1. The zero-order valence-corrected chi connectivity index (χ0v) is 17.8. The first-order valence-electron chi connectivity index (χ1n) is 10.4. The molecule has 2 aliphatic heterocycles. The molecule has 0 spiro atoms. The first kappa shape index (κ1) is 19.4. The number of aromatic nitrogens is 2. The molecule has 154 valence electrons. The molecule has 0 radical (unpaired) electrons. The summed E-state index contributed by atoms with van der Waals surface area (Å²) < 4.78 is 7.75. The number of aryl methyl sites for hydroxylation is 1. The van der Waals surface area contributed by atoms with E-state index in [1.807, 2.05) is 39.9 Å². The number of hydrogen-bond donors (Lipinski definition) is 0. The second-order valence-electron chi connectivity index (χ2n) is 7.92. The largest absolute Gasteiger partial charge is 0.376 e. The number of benzene rings is 2. The van der Waals surface area contributed by atoms with Gasteiger partial charge in [0, 0.05) is 30.5 Å². The van der Waals surface area contributed by atoms with Crippen LogP contribution in [0.3, 0.4) is 0 Å². The van der Waals surface area contributed by atoms with Crippen molar-refractivity contribution in [3.63, 3.8) is 0 Å². The van der Waals surface area contributed by atoms with Gasteiger partial charge in [0.05, 0.1) is 23.2 Å². The lowest BCUT2D eigenvalue weighted by Crippen LogP contribution is -2.35. The quantitative estimate of drug-likeness (QED) is 0.606. The van der Waals surface area contributed by atoms with Crippen LogP contribution < -0.4 is 0 Å². The van der Waals surface area contributed by atoms with E-state index in [0.29, 0.717) is 12.3 Å². The third-order valence-electron chi connectivity index (χ3n) is 5.75. The average Bonchev–Trinajstić information content (AvgIpc) is 3.51. The average molecular weight is 420 g/mol. The van der Waals surface area contributed by atoms with Crippen molar-refractivity contribution in [1.82, 2.24) is 14.7 Å². The Hall–Kier alpha value is -2.57. The highest BCUT2D eigenvalue weighted by Gasteiger charge is 2.37. The fraction of sp³-hybridized carbons (Fsp3) is 0.333. The molecule has 5 rings (SSSR count). The highest BCUT2D eigenvalue weighted by atomic mass is 32.2. The summed E-state index contributed by atoms with van der Waals surface area (Å²) in [6.45, 7) is 3.54. The van der Waals surface area contributed by atoms with Crippen LogP contribution in [0.15, 0.2) is 60.8 Å². The Balaban J connectivity index is 1.56. The van der Waals surface area contributed by atoms with Crippen LogP contribution in [0.25, 0.3) is 16.9 Å². The topological polar surface area (TPSA) is 47.4 Å². The number of rotatable bonds is 5. The van der Waals surface area contributed by atoms with E-state index in [1.54, 1.807) is 11.8 Å². The van der Waals surface area contributed by atoms with Gasteiger partial charge in [0.2, 0.25) is 5.91 Å². The van der Waals surface area contributed by atoms with Gasteiger partial charge in [-0.15, -0.1) is 11.8 Å². The van der Waals surface area contributed by atoms with Crippen LogP contribution in [0.4, 0.5) is 0 Å². The van der Waals surface area contributed by atoms with E-state index in [2.05, 4.69) is 37.4 Å². The number of para-hydroxylation sites is 1. The molecule has 2 saturated heterocycles. The Bertz CT molecular complexity index is 1030. The van der Waals surface area contributed by atoms with Gasteiger partial charge in [0.1, 0.15) is 5.37 Å². The molecule has 30 heavy (non-hydrogen) atoms. The van der Waals surface area contributed by atoms with Gasteiger partial charge in [0.15, 0.2) is 0 Å². The molecule has 0 aliphatic carbocycles. The predicted octanol–water partition coefficient (Wildman–Crippen LogP) is 4.60. The first-order valence-corrected chi connectivity index (χ1v) is 11.5. The molecule has 6 heteroatoms. The minimum atomic E-state index is -0.0459. The Morgan fingerprint density at radius 3 is 2.67 bits per heavy atom. The summed E-state index contributed by atoms with van der Waals surface area (Å²) in [7, 11) is 0. The van der Waals surface area contributed by atoms with Crippen LogP contribution in [0, 0.1) is 6.92 Å². The van der Waals surface area contributed by atoms with E-state index in [9.17, 15) is 4.79 Å². The van der Waals surface area contributed by atoms with Gasteiger partial charge in [-0.05, 0) is 31.9 Å². The maximum Gasteiger partial charge on any atom is 0.233 e. The van der Waals surface area contributed by atoms with E-state index in [4.69, 9.17) is 9.84 Å². The molecule has 2 aromatic carbocycles. The van der Waals surface area contributed by atoms with Crippen LogP contribution in [0.5, 0.6) is 0 Å². The molecule has 1 aromatic heterocycles. The van der Waals surface area contributed by atoms with Gasteiger partial charge in [0.25, 0.3) is 0 Å². The summed E-state index contributed by atoms with van der Waals surface area (Å²) in [4.78, 5) is 14.7. The molecule has 1 amide bonds. The maximum atomic E-state index is 12.7.